The average Bonchev–Trinajstić information content (AvgIpc) is 2.25. The molecule has 1 rings (SSSR count). The summed E-state index contributed by atoms with van der Waals surface area (Å²) < 4.78 is 18.1. The maximum Gasteiger partial charge on any atom is 0.165 e. The minimum atomic E-state index is -0.658. The van der Waals surface area contributed by atoms with Gasteiger partial charge in [0.1, 0.15) is 0 Å². The van der Waals surface area contributed by atoms with Gasteiger partial charge in [-0.25, -0.2) is 4.39 Å². The van der Waals surface area contributed by atoms with Crippen molar-refractivity contribution >= 4 is 0 Å². The summed E-state index contributed by atoms with van der Waals surface area (Å²) in [5.41, 5.74) is 5.88. The van der Waals surface area contributed by atoms with E-state index in [1.54, 1.807) is 6.07 Å². The molecule has 15 heavy (non-hydrogen) atoms. The minimum absolute atomic E-state index is 0.185. The van der Waals surface area contributed by atoms with Gasteiger partial charge in [0.15, 0.2) is 11.6 Å². The van der Waals surface area contributed by atoms with Gasteiger partial charge in [-0.1, -0.05) is 6.07 Å². The highest BCUT2D eigenvalue weighted by Crippen LogP contribution is 2.23. The first-order valence-electron chi connectivity index (χ1n) is 4.90. The summed E-state index contributed by atoms with van der Waals surface area (Å²) in [4.78, 5) is 0. The van der Waals surface area contributed by atoms with Gasteiger partial charge in [-0.05, 0) is 37.1 Å². The van der Waals surface area contributed by atoms with E-state index < -0.39 is 11.9 Å². The SMILES string of the molecule is COc1ccc(C(O)CCCN)cc1F. The molecule has 0 radical (unpaired) electrons. The largest absolute Gasteiger partial charge is 0.494 e. The van der Waals surface area contributed by atoms with Crippen molar-refractivity contribution in [1.82, 2.24) is 0 Å². The van der Waals surface area contributed by atoms with Crippen LogP contribution in [0.15, 0.2) is 18.2 Å². The quantitative estimate of drug-likeness (QED) is 0.781. The predicted molar refractivity (Wildman–Crippen MR) is 56.2 cm³/mol. The number of hydrogen-bond donors (Lipinski definition) is 2. The van der Waals surface area contributed by atoms with Crippen LogP contribution in [0, 0.1) is 5.82 Å². The molecule has 3 N–H and O–H groups in total. The average molecular weight is 213 g/mol. The van der Waals surface area contributed by atoms with E-state index >= 15 is 0 Å². The lowest BCUT2D eigenvalue weighted by Gasteiger charge is -2.11. The summed E-state index contributed by atoms with van der Waals surface area (Å²) in [6.45, 7) is 0.524. The number of hydrogen-bond acceptors (Lipinski definition) is 3. The molecule has 0 spiro atoms. The summed E-state index contributed by atoms with van der Waals surface area (Å²) in [6, 6.07) is 4.46. The van der Waals surface area contributed by atoms with Crippen LogP contribution in [-0.4, -0.2) is 18.8 Å². The molecule has 84 valence electrons. The summed E-state index contributed by atoms with van der Waals surface area (Å²) in [7, 11) is 1.41. The molecule has 0 aliphatic carbocycles. The molecule has 0 aromatic heterocycles. The van der Waals surface area contributed by atoms with Gasteiger partial charge in [0.05, 0.1) is 13.2 Å². The van der Waals surface area contributed by atoms with Gasteiger partial charge in [-0.15, -0.1) is 0 Å². The smallest absolute Gasteiger partial charge is 0.165 e. The summed E-state index contributed by atoms with van der Waals surface area (Å²) in [6.07, 6.45) is 0.603. The molecule has 0 heterocycles. The lowest BCUT2D eigenvalue weighted by Crippen LogP contribution is -2.04. The minimum Gasteiger partial charge on any atom is -0.494 e. The number of benzene rings is 1. The van der Waals surface area contributed by atoms with Gasteiger partial charge >= 0.3 is 0 Å². The Morgan fingerprint density at radius 2 is 2.27 bits per heavy atom. The zero-order valence-corrected chi connectivity index (χ0v) is 8.74. The van der Waals surface area contributed by atoms with Crippen molar-refractivity contribution in [3.63, 3.8) is 0 Å². The van der Waals surface area contributed by atoms with Crippen LogP contribution >= 0.6 is 0 Å². The number of halogens is 1. The van der Waals surface area contributed by atoms with Gasteiger partial charge in [0, 0.05) is 0 Å². The molecular weight excluding hydrogens is 197 g/mol. The third kappa shape index (κ3) is 3.18. The Balaban J connectivity index is 2.73. The Morgan fingerprint density at radius 1 is 1.53 bits per heavy atom. The van der Waals surface area contributed by atoms with Gasteiger partial charge in [0.2, 0.25) is 0 Å². The van der Waals surface area contributed by atoms with Crippen molar-refractivity contribution in [3.8, 4) is 5.75 Å². The first-order chi connectivity index (χ1) is 7.19. The van der Waals surface area contributed by atoms with Gasteiger partial charge in [0.25, 0.3) is 0 Å². The number of rotatable bonds is 5. The molecule has 0 aliphatic rings. The molecule has 0 aliphatic heterocycles. The zero-order valence-electron chi connectivity index (χ0n) is 8.74. The van der Waals surface area contributed by atoms with Crippen LogP contribution in [-0.2, 0) is 0 Å². The first kappa shape index (κ1) is 11.9. The lowest BCUT2D eigenvalue weighted by molar-refractivity contribution is 0.165. The van der Waals surface area contributed by atoms with E-state index in [4.69, 9.17) is 10.5 Å². The fourth-order valence-corrected chi connectivity index (χ4v) is 1.37. The second-order valence-corrected chi connectivity index (χ2v) is 3.34. The number of aliphatic hydroxyl groups is 1. The number of methoxy groups -OCH3 is 1. The van der Waals surface area contributed by atoms with Crippen LogP contribution in [0.5, 0.6) is 5.75 Å². The normalized spacial score (nSPS) is 12.5. The van der Waals surface area contributed by atoms with Crippen LogP contribution in [0.3, 0.4) is 0 Å². The van der Waals surface area contributed by atoms with Crippen molar-refractivity contribution in [2.75, 3.05) is 13.7 Å². The van der Waals surface area contributed by atoms with Crippen molar-refractivity contribution in [3.05, 3.63) is 29.6 Å². The van der Waals surface area contributed by atoms with Crippen molar-refractivity contribution in [1.29, 1.82) is 0 Å². The number of aliphatic hydroxyl groups excluding tert-OH is 1. The first-order valence-corrected chi connectivity index (χ1v) is 4.90. The standard InChI is InChI=1S/C11H16FNO2/c1-15-11-5-4-8(7-9(11)12)10(14)3-2-6-13/h4-5,7,10,14H,2-3,6,13H2,1H3. The van der Waals surface area contributed by atoms with Gasteiger partial charge in [-0.2, -0.15) is 0 Å². The van der Waals surface area contributed by atoms with E-state index in [0.717, 1.165) is 6.42 Å². The van der Waals surface area contributed by atoms with E-state index in [9.17, 15) is 9.50 Å². The lowest BCUT2D eigenvalue weighted by atomic mass is 10.0. The fraction of sp³-hybridized carbons (Fsp3) is 0.455. The van der Waals surface area contributed by atoms with E-state index in [0.29, 0.717) is 18.5 Å². The van der Waals surface area contributed by atoms with Gasteiger partial charge in [-0.3, -0.25) is 0 Å². The van der Waals surface area contributed by atoms with E-state index in [1.165, 1.54) is 19.2 Å². The second-order valence-electron chi connectivity index (χ2n) is 3.34. The molecule has 1 aromatic carbocycles. The monoisotopic (exact) mass is 213 g/mol. The predicted octanol–water partition coefficient (Wildman–Crippen LogP) is 1.61. The summed E-state index contributed by atoms with van der Waals surface area (Å²) >= 11 is 0. The maximum absolute atomic E-state index is 13.3. The molecule has 4 heteroatoms. The highest BCUT2D eigenvalue weighted by Gasteiger charge is 2.10. The number of nitrogens with two attached hydrogens (primary N) is 1. The molecule has 1 unspecified atom stereocenters. The van der Waals surface area contributed by atoms with Crippen molar-refractivity contribution in [2.45, 2.75) is 18.9 Å². The molecule has 0 amide bonds. The summed E-state index contributed by atoms with van der Waals surface area (Å²) in [5.74, 6) is -0.272. The molecular formula is C11H16FNO2. The Morgan fingerprint density at radius 3 is 2.80 bits per heavy atom. The summed E-state index contributed by atoms with van der Waals surface area (Å²) in [5, 5.41) is 9.68. The van der Waals surface area contributed by atoms with Crippen LogP contribution in [0.1, 0.15) is 24.5 Å². The van der Waals surface area contributed by atoms with E-state index in [-0.39, 0.29) is 5.75 Å². The van der Waals surface area contributed by atoms with Crippen LogP contribution in [0.4, 0.5) is 4.39 Å². The van der Waals surface area contributed by atoms with E-state index in [1.807, 2.05) is 0 Å². The Bertz CT molecular complexity index is 317. The highest BCUT2D eigenvalue weighted by atomic mass is 19.1. The second kappa shape index (κ2) is 5.68. The third-order valence-corrected chi connectivity index (χ3v) is 2.24. The molecule has 0 fully saturated rings. The Hall–Kier alpha value is -1.13. The van der Waals surface area contributed by atoms with Crippen LogP contribution < -0.4 is 10.5 Å². The van der Waals surface area contributed by atoms with Gasteiger partial charge < -0.3 is 15.6 Å². The molecule has 0 saturated carbocycles. The maximum atomic E-state index is 13.3. The van der Waals surface area contributed by atoms with Crippen LogP contribution in [0.25, 0.3) is 0 Å². The molecule has 3 nitrogen and oxygen atoms in total. The Kier molecular flexibility index (Phi) is 4.52. The Labute approximate surface area is 88.7 Å². The van der Waals surface area contributed by atoms with Crippen molar-refractivity contribution < 1.29 is 14.2 Å². The topological polar surface area (TPSA) is 55.5 Å². The third-order valence-electron chi connectivity index (χ3n) is 2.24. The zero-order chi connectivity index (χ0) is 11.3. The number of ether oxygens (including phenoxy) is 1. The van der Waals surface area contributed by atoms with Crippen LogP contribution in [0.2, 0.25) is 0 Å². The van der Waals surface area contributed by atoms with E-state index in [2.05, 4.69) is 0 Å². The highest BCUT2D eigenvalue weighted by molar-refractivity contribution is 5.30. The van der Waals surface area contributed by atoms with Crippen molar-refractivity contribution in [2.24, 2.45) is 5.73 Å². The molecule has 1 atom stereocenters. The molecule has 0 saturated heterocycles. The molecule has 0 bridgehead atoms. The fourth-order valence-electron chi connectivity index (χ4n) is 1.37. The molecule has 1 aromatic rings.